The smallest absolute Gasteiger partial charge is 0.194 e. The average molecular weight is 341 g/mol. The van der Waals surface area contributed by atoms with Gasteiger partial charge in [0.05, 0.1) is 19.8 Å². The van der Waals surface area contributed by atoms with Gasteiger partial charge in [-0.15, -0.1) is 0 Å². The molecule has 2 aromatic rings. The molecule has 2 aliphatic rings. The van der Waals surface area contributed by atoms with Gasteiger partial charge in [0.2, 0.25) is 0 Å². The molecule has 25 heavy (non-hydrogen) atoms. The normalized spacial score (nSPS) is 22.7. The molecule has 0 saturated carbocycles. The zero-order chi connectivity index (χ0) is 17.1. The predicted molar refractivity (Wildman–Crippen MR) is 101 cm³/mol. The molecule has 6 heteroatoms. The Morgan fingerprint density at radius 3 is 2.92 bits per heavy atom. The van der Waals surface area contributed by atoms with Crippen LogP contribution in [0.15, 0.2) is 35.3 Å². The van der Waals surface area contributed by atoms with Gasteiger partial charge in [0.1, 0.15) is 0 Å². The number of nitrogens with one attached hydrogen (secondary N) is 2. The quantitative estimate of drug-likeness (QED) is 0.658. The first-order valence-electron chi connectivity index (χ1n) is 9.17. The Balaban J connectivity index is 1.34. The minimum atomic E-state index is 0.621. The van der Waals surface area contributed by atoms with Crippen LogP contribution in [0.4, 0.5) is 0 Å². The van der Waals surface area contributed by atoms with E-state index < -0.39 is 0 Å². The SMILES string of the molecule is CN=C(NCc1cc2ccccc2[nH]1)N1CCC(N2CCOCC2)C1. The molecule has 134 valence electrons. The lowest BCUT2D eigenvalue weighted by atomic mass is 10.2. The minimum Gasteiger partial charge on any atom is -0.379 e. The highest BCUT2D eigenvalue weighted by Gasteiger charge is 2.30. The number of likely N-dealkylation sites (tertiary alicyclic amines) is 1. The average Bonchev–Trinajstić information content (AvgIpc) is 3.30. The summed E-state index contributed by atoms with van der Waals surface area (Å²) in [4.78, 5) is 12.9. The van der Waals surface area contributed by atoms with E-state index in [2.05, 4.69) is 55.4 Å². The Labute approximate surface area is 148 Å². The van der Waals surface area contributed by atoms with Crippen molar-refractivity contribution in [1.29, 1.82) is 0 Å². The van der Waals surface area contributed by atoms with E-state index >= 15 is 0 Å². The van der Waals surface area contributed by atoms with Gasteiger partial charge in [-0.05, 0) is 23.9 Å². The molecule has 0 bridgehead atoms. The Morgan fingerprint density at radius 2 is 2.12 bits per heavy atom. The number of rotatable bonds is 3. The van der Waals surface area contributed by atoms with Crippen molar-refractivity contribution in [3.8, 4) is 0 Å². The molecule has 0 aliphatic carbocycles. The Bertz CT molecular complexity index is 701. The van der Waals surface area contributed by atoms with Crippen LogP contribution in [-0.4, -0.2) is 73.2 Å². The standard InChI is InChI=1S/C19H27N5O/c1-20-19(21-13-16-12-15-4-2-3-5-18(15)22-16)24-7-6-17(14-24)23-8-10-25-11-9-23/h2-5,12,17,22H,6-11,13-14H2,1H3,(H,20,21). The second-order valence-electron chi connectivity index (χ2n) is 6.82. The number of aromatic amines is 1. The summed E-state index contributed by atoms with van der Waals surface area (Å²) < 4.78 is 5.47. The van der Waals surface area contributed by atoms with Crippen molar-refractivity contribution in [3.05, 3.63) is 36.0 Å². The molecule has 2 aliphatic heterocycles. The summed E-state index contributed by atoms with van der Waals surface area (Å²) in [5.74, 6) is 0.995. The van der Waals surface area contributed by atoms with Crippen molar-refractivity contribution >= 4 is 16.9 Å². The maximum absolute atomic E-state index is 5.47. The maximum Gasteiger partial charge on any atom is 0.194 e. The van der Waals surface area contributed by atoms with E-state index in [4.69, 9.17) is 4.74 Å². The molecular weight excluding hydrogens is 314 g/mol. The van der Waals surface area contributed by atoms with E-state index in [1.165, 1.54) is 23.0 Å². The fourth-order valence-electron chi connectivity index (χ4n) is 3.91. The Kier molecular flexibility index (Phi) is 4.90. The van der Waals surface area contributed by atoms with Crippen LogP contribution in [0.3, 0.4) is 0 Å². The highest BCUT2D eigenvalue weighted by Crippen LogP contribution is 2.18. The van der Waals surface area contributed by atoms with Gasteiger partial charge >= 0.3 is 0 Å². The number of H-pyrrole nitrogens is 1. The number of guanidine groups is 1. The summed E-state index contributed by atoms with van der Waals surface area (Å²) in [5, 5.41) is 4.77. The number of benzene rings is 1. The summed E-state index contributed by atoms with van der Waals surface area (Å²) >= 11 is 0. The first-order valence-corrected chi connectivity index (χ1v) is 9.17. The number of hydrogen-bond donors (Lipinski definition) is 2. The van der Waals surface area contributed by atoms with Crippen molar-refractivity contribution in [2.24, 2.45) is 4.99 Å². The van der Waals surface area contributed by atoms with Crippen LogP contribution in [-0.2, 0) is 11.3 Å². The van der Waals surface area contributed by atoms with Gasteiger partial charge in [-0.1, -0.05) is 18.2 Å². The zero-order valence-corrected chi connectivity index (χ0v) is 14.9. The second-order valence-corrected chi connectivity index (χ2v) is 6.82. The summed E-state index contributed by atoms with van der Waals surface area (Å²) in [6.07, 6.45) is 1.20. The number of morpholine rings is 1. The van der Waals surface area contributed by atoms with Crippen LogP contribution in [0.5, 0.6) is 0 Å². The van der Waals surface area contributed by atoms with E-state index in [1.807, 2.05) is 7.05 Å². The van der Waals surface area contributed by atoms with E-state index in [1.54, 1.807) is 0 Å². The lowest BCUT2D eigenvalue weighted by Crippen LogP contribution is -2.46. The van der Waals surface area contributed by atoms with Crippen molar-refractivity contribution < 1.29 is 4.74 Å². The highest BCUT2D eigenvalue weighted by atomic mass is 16.5. The summed E-state index contributed by atoms with van der Waals surface area (Å²) in [6.45, 7) is 6.72. The van der Waals surface area contributed by atoms with Gasteiger partial charge in [0, 0.05) is 50.5 Å². The molecule has 1 aromatic heterocycles. The fourth-order valence-corrected chi connectivity index (χ4v) is 3.91. The van der Waals surface area contributed by atoms with Crippen LogP contribution in [0, 0.1) is 0 Å². The van der Waals surface area contributed by atoms with E-state index in [0.29, 0.717) is 6.04 Å². The summed E-state index contributed by atoms with van der Waals surface area (Å²) in [6, 6.07) is 11.2. The molecule has 6 nitrogen and oxygen atoms in total. The van der Waals surface area contributed by atoms with Crippen molar-refractivity contribution in [3.63, 3.8) is 0 Å². The lowest BCUT2D eigenvalue weighted by Gasteiger charge is -2.32. The summed E-state index contributed by atoms with van der Waals surface area (Å²) in [5.41, 5.74) is 2.37. The molecule has 0 amide bonds. The topological polar surface area (TPSA) is 55.9 Å². The van der Waals surface area contributed by atoms with Crippen molar-refractivity contribution in [1.82, 2.24) is 20.1 Å². The fraction of sp³-hybridized carbons (Fsp3) is 0.526. The first kappa shape index (κ1) is 16.4. The molecule has 2 fully saturated rings. The predicted octanol–water partition coefficient (Wildman–Crippen LogP) is 1.65. The molecule has 2 saturated heterocycles. The van der Waals surface area contributed by atoms with Gasteiger partial charge < -0.3 is 19.9 Å². The number of aliphatic imine (C=N–C) groups is 1. The number of aromatic nitrogens is 1. The van der Waals surface area contributed by atoms with Crippen LogP contribution in [0.1, 0.15) is 12.1 Å². The molecule has 0 radical (unpaired) electrons. The minimum absolute atomic E-state index is 0.621. The van der Waals surface area contributed by atoms with Crippen LogP contribution in [0.2, 0.25) is 0 Å². The number of ether oxygens (including phenoxy) is 1. The number of nitrogens with zero attached hydrogens (tertiary/aromatic N) is 3. The van der Waals surface area contributed by atoms with Gasteiger partial charge in [0.15, 0.2) is 5.96 Å². The third kappa shape index (κ3) is 3.65. The van der Waals surface area contributed by atoms with Gasteiger partial charge in [-0.25, -0.2) is 0 Å². The number of fused-ring (bicyclic) bond motifs is 1. The summed E-state index contributed by atoms with van der Waals surface area (Å²) in [7, 11) is 1.87. The first-order chi connectivity index (χ1) is 12.3. The molecular formula is C19H27N5O. The van der Waals surface area contributed by atoms with Crippen LogP contribution < -0.4 is 5.32 Å². The Hall–Kier alpha value is -2.05. The lowest BCUT2D eigenvalue weighted by molar-refractivity contribution is 0.0195. The third-order valence-electron chi connectivity index (χ3n) is 5.26. The second kappa shape index (κ2) is 7.45. The molecule has 3 heterocycles. The van der Waals surface area contributed by atoms with Crippen molar-refractivity contribution in [2.75, 3.05) is 46.4 Å². The van der Waals surface area contributed by atoms with Gasteiger partial charge in [-0.2, -0.15) is 0 Å². The van der Waals surface area contributed by atoms with Crippen molar-refractivity contribution in [2.45, 2.75) is 19.0 Å². The highest BCUT2D eigenvalue weighted by molar-refractivity contribution is 5.82. The van der Waals surface area contributed by atoms with Gasteiger partial charge in [0.25, 0.3) is 0 Å². The number of hydrogen-bond acceptors (Lipinski definition) is 3. The van der Waals surface area contributed by atoms with E-state index in [0.717, 1.165) is 51.9 Å². The molecule has 0 spiro atoms. The third-order valence-corrected chi connectivity index (χ3v) is 5.26. The Morgan fingerprint density at radius 1 is 1.28 bits per heavy atom. The number of para-hydroxylation sites is 1. The maximum atomic E-state index is 5.47. The molecule has 1 unspecified atom stereocenters. The molecule has 1 aromatic carbocycles. The molecule has 1 atom stereocenters. The zero-order valence-electron chi connectivity index (χ0n) is 14.9. The monoisotopic (exact) mass is 341 g/mol. The van der Waals surface area contributed by atoms with Crippen LogP contribution in [0.25, 0.3) is 10.9 Å². The molecule has 4 rings (SSSR count). The largest absolute Gasteiger partial charge is 0.379 e. The van der Waals surface area contributed by atoms with E-state index in [-0.39, 0.29) is 0 Å². The van der Waals surface area contributed by atoms with E-state index in [9.17, 15) is 0 Å². The van der Waals surface area contributed by atoms with Crippen LogP contribution >= 0.6 is 0 Å². The molecule has 2 N–H and O–H groups in total. The van der Waals surface area contributed by atoms with Gasteiger partial charge in [-0.3, -0.25) is 9.89 Å².